The standard InChI is InChI=1S/C28H36FN5O5/c1-16-24(15-22-21-12-18(29)4-5-23(21)32-27(22)38)31-17(2)26(16)28(39)30-7-6-19(35)13-20(36)14-25(37)34-10-8-33(3)9-11-34/h4-5,12,15,19-20,31,35-36H,6-11,13-14H2,1-3H3,(H,30,39)(H,32,38)/t19-,20-/m1/s1. The zero-order valence-corrected chi connectivity index (χ0v) is 22.5. The van der Waals surface area contributed by atoms with Gasteiger partial charge in [-0.25, -0.2) is 4.39 Å². The van der Waals surface area contributed by atoms with E-state index in [1.807, 2.05) is 7.05 Å². The average Bonchev–Trinajstić information content (AvgIpc) is 3.33. The number of carbonyl (C=O) groups excluding carboxylic acids is 3. The van der Waals surface area contributed by atoms with Crippen molar-refractivity contribution >= 4 is 35.1 Å². The normalized spacial score (nSPS) is 18.2. The molecule has 3 amide bonds. The molecule has 2 aliphatic rings. The third-order valence-electron chi connectivity index (χ3n) is 7.33. The Morgan fingerprint density at radius 3 is 2.59 bits per heavy atom. The lowest BCUT2D eigenvalue weighted by Crippen LogP contribution is -2.47. The van der Waals surface area contributed by atoms with E-state index in [0.29, 0.717) is 52.4 Å². The lowest BCUT2D eigenvalue weighted by atomic mass is 10.0. The van der Waals surface area contributed by atoms with Crippen LogP contribution < -0.4 is 10.6 Å². The lowest BCUT2D eigenvalue weighted by molar-refractivity contribution is -0.135. The molecular formula is C28H36FN5O5. The predicted molar refractivity (Wildman–Crippen MR) is 145 cm³/mol. The molecule has 210 valence electrons. The van der Waals surface area contributed by atoms with Crippen LogP contribution in [0.5, 0.6) is 0 Å². The quantitative estimate of drug-likeness (QED) is 0.306. The third-order valence-corrected chi connectivity index (χ3v) is 7.33. The van der Waals surface area contributed by atoms with Crippen LogP contribution in [0.3, 0.4) is 0 Å². The van der Waals surface area contributed by atoms with Gasteiger partial charge in [0.15, 0.2) is 0 Å². The number of fused-ring (bicyclic) bond motifs is 1. The summed E-state index contributed by atoms with van der Waals surface area (Å²) in [5, 5.41) is 26.1. The summed E-state index contributed by atoms with van der Waals surface area (Å²) in [4.78, 5) is 44.8. The molecule has 10 nitrogen and oxygen atoms in total. The third kappa shape index (κ3) is 6.73. The second-order valence-corrected chi connectivity index (χ2v) is 10.3. The molecule has 4 rings (SSSR count). The molecule has 1 saturated heterocycles. The smallest absolute Gasteiger partial charge is 0.256 e. The number of likely N-dealkylation sites (N-methyl/N-ethyl adjacent to an activating group) is 1. The molecule has 0 radical (unpaired) electrons. The maximum absolute atomic E-state index is 13.8. The Hall–Kier alpha value is -3.54. The number of aliphatic hydroxyl groups is 2. The average molecular weight is 542 g/mol. The van der Waals surface area contributed by atoms with Crippen LogP contribution in [0.1, 0.15) is 52.1 Å². The summed E-state index contributed by atoms with van der Waals surface area (Å²) < 4.78 is 13.8. The highest BCUT2D eigenvalue weighted by Crippen LogP contribution is 2.34. The highest BCUT2D eigenvalue weighted by atomic mass is 19.1. The first kappa shape index (κ1) is 28.5. The monoisotopic (exact) mass is 541 g/mol. The van der Waals surface area contributed by atoms with Crippen molar-refractivity contribution in [1.29, 1.82) is 0 Å². The summed E-state index contributed by atoms with van der Waals surface area (Å²) in [6, 6.07) is 4.08. The Morgan fingerprint density at radius 1 is 1.15 bits per heavy atom. The van der Waals surface area contributed by atoms with Gasteiger partial charge in [-0.1, -0.05) is 0 Å². The van der Waals surface area contributed by atoms with Gasteiger partial charge in [-0.3, -0.25) is 14.4 Å². The number of aliphatic hydroxyl groups excluding tert-OH is 2. The summed E-state index contributed by atoms with van der Waals surface area (Å²) in [6.45, 7) is 6.54. The van der Waals surface area contributed by atoms with E-state index in [0.717, 1.165) is 13.1 Å². The van der Waals surface area contributed by atoms with Crippen molar-refractivity contribution in [3.8, 4) is 0 Å². The van der Waals surface area contributed by atoms with Crippen LogP contribution >= 0.6 is 0 Å². The number of benzene rings is 1. The molecule has 39 heavy (non-hydrogen) atoms. The lowest BCUT2D eigenvalue weighted by Gasteiger charge is -2.33. The number of aromatic amines is 1. The molecule has 1 fully saturated rings. The van der Waals surface area contributed by atoms with E-state index in [9.17, 15) is 29.0 Å². The first-order chi connectivity index (χ1) is 18.5. The van der Waals surface area contributed by atoms with Gasteiger partial charge in [-0.2, -0.15) is 0 Å². The first-order valence-electron chi connectivity index (χ1n) is 13.2. The van der Waals surface area contributed by atoms with Gasteiger partial charge in [-0.15, -0.1) is 0 Å². The highest BCUT2D eigenvalue weighted by Gasteiger charge is 2.26. The second-order valence-electron chi connectivity index (χ2n) is 10.3. The fourth-order valence-electron chi connectivity index (χ4n) is 5.05. The van der Waals surface area contributed by atoms with E-state index >= 15 is 0 Å². The number of hydrogen-bond acceptors (Lipinski definition) is 6. The van der Waals surface area contributed by atoms with E-state index in [1.54, 1.807) is 24.8 Å². The Morgan fingerprint density at radius 2 is 1.87 bits per heavy atom. The van der Waals surface area contributed by atoms with Crippen molar-refractivity contribution in [3.63, 3.8) is 0 Å². The van der Waals surface area contributed by atoms with Gasteiger partial charge < -0.3 is 35.6 Å². The van der Waals surface area contributed by atoms with Crippen LogP contribution in [0.25, 0.3) is 11.6 Å². The highest BCUT2D eigenvalue weighted by molar-refractivity contribution is 6.34. The molecular weight excluding hydrogens is 505 g/mol. The van der Waals surface area contributed by atoms with Crippen LogP contribution in [0, 0.1) is 19.7 Å². The summed E-state index contributed by atoms with van der Waals surface area (Å²) in [7, 11) is 2.00. The molecule has 5 N–H and O–H groups in total. The van der Waals surface area contributed by atoms with Gasteiger partial charge in [0, 0.05) is 55.4 Å². The summed E-state index contributed by atoms with van der Waals surface area (Å²) >= 11 is 0. The van der Waals surface area contributed by atoms with Crippen LogP contribution in [0.4, 0.5) is 10.1 Å². The van der Waals surface area contributed by atoms with Gasteiger partial charge in [0.25, 0.3) is 11.8 Å². The van der Waals surface area contributed by atoms with Crippen LogP contribution in [-0.4, -0.2) is 94.7 Å². The maximum Gasteiger partial charge on any atom is 0.256 e. The van der Waals surface area contributed by atoms with Crippen molar-refractivity contribution in [2.75, 3.05) is 45.1 Å². The molecule has 0 bridgehead atoms. The molecule has 0 unspecified atom stereocenters. The first-order valence-corrected chi connectivity index (χ1v) is 13.2. The topological polar surface area (TPSA) is 138 Å². The number of amides is 3. The number of piperazine rings is 1. The fraction of sp³-hybridized carbons (Fsp3) is 0.464. The molecule has 3 heterocycles. The van der Waals surface area contributed by atoms with Crippen molar-refractivity contribution in [3.05, 3.63) is 52.1 Å². The molecule has 2 atom stereocenters. The van der Waals surface area contributed by atoms with E-state index in [2.05, 4.69) is 20.5 Å². The van der Waals surface area contributed by atoms with Gasteiger partial charge in [-0.05, 0) is 63.6 Å². The summed E-state index contributed by atoms with van der Waals surface area (Å²) in [5.74, 6) is -1.27. The fourth-order valence-corrected chi connectivity index (χ4v) is 5.05. The van der Waals surface area contributed by atoms with Crippen molar-refractivity contribution in [2.45, 2.75) is 45.3 Å². The SMILES string of the molecule is Cc1[nH]c(C=C2C(=O)Nc3ccc(F)cc32)c(C)c1C(=O)NCC[C@@H](O)C[C@@H](O)CC(=O)N1CCN(C)CC1. The number of carbonyl (C=O) groups is 3. The minimum absolute atomic E-state index is 0.0394. The van der Waals surface area contributed by atoms with Crippen LogP contribution in [0.15, 0.2) is 18.2 Å². The van der Waals surface area contributed by atoms with Gasteiger partial charge in [0.05, 0.1) is 29.8 Å². The largest absolute Gasteiger partial charge is 0.393 e. The Kier molecular flexibility index (Phi) is 8.83. The van der Waals surface area contributed by atoms with E-state index in [4.69, 9.17) is 0 Å². The minimum Gasteiger partial charge on any atom is -0.393 e. The number of nitrogens with zero attached hydrogens (tertiary/aromatic N) is 2. The van der Waals surface area contributed by atoms with Crippen LogP contribution in [0.2, 0.25) is 0 Å². The number of rotatable bonds is 9. The molecule has 1 aromatic heterocycles. The van der Waals surface area contributed by atoms with E-state index < -0.39 is 18.0 Å². The second kappa shape index (κ2) is 12.1. The summed E-state index contributed by atoms with van der Waals surface area (Å²) in [5.41, 5.74) is 3.51. The van der Waals surface area contributed by atoms with E-state index in [-0.39, 0.29) is 43.5 Å². The number of hydrogen-bond donors (Lipinski definition) is 5. The number of H-pyrrole nitrogens is 1. The minimum atomic E-state index is -0.959. The predicted octanol–water partition coefficient (Wildman–Crippen LogP) is 1.66. The number of aryl methyl sites for hydroxylation is 1. The zero-order valence-electron chi connectivity index (χ0n) is 22.5. The molecule has 2 aromatic rings. The van der Waals surface area contributed by atoms with Gasteiger partial charge in [0.1, 0.15) is 5.82 Å². The van der Waals surface area contributed by atoms with Crippen molar-refractivity contribution in [2.24, 2.45) is 0 Å². The zero-order chi connectivity index (χ0) is 28.3. The number of halogens is 1. The summed E-state index contributed by atoms with van der Waals surface area (Å²) in [6.07, 6.45) is -0.0154. The van der Waals surface area contributed by atoms with Gasteiger partial charge >= 0.3 is 0 Å². The molecule has 0 spiro atoms. The molecule has 1 aromatic carbocycles. The molecule has 11 heteroatoms. The maximum atomic E-state index is 13.8. The van der Waals surface area contributed by atoms with Crippen molar-refractivity contribution < 1.29 is 29.0 Å². The molecule has 0 saturated carbocycles. The Balaban J connectivity index is 1.30. The molecule has 0 aliphatic carbocycles. The Bertz CT molecular complexity index is 1280. The number of anilines is 1. The molecule has 2 aliphatic heterocycles. The van der Waals surface area contributed by atoms with E-state index in [1.165, 1.54) is 18.2 Å². The van der Waals surface area contributed by atoms with Gasteiger partial charge in [0.2, 0.25) is 5.91 Å². The van der Waals surface area contributed by atoms with Crippen molar-refractivity contribution in [1.82, 2.24) is 20.1 Å². The van der Waals surface area contributed by atoms with Crippen LogP contribution in [-0.2, 0) is 9.59 Å². The Labute approximate surface area is 226 Å². The number of nitrogens with one attached hydrogen (secondary N) is 3. The number of aromatic nitrogens is 1.